The lowest BCUT2D eigenvalue weighted by Gasteiger charge is -2.31. The summed E-state index contributed by atoms with van der Waals surface area (Å²) in [5, 5.41) is 12.8. The molecule has 0 amide bonds. The first-order valence-corrected chi connectivity index (χ1v) is 6.20. The molecule has 18 heavy (non-hydrogen) atoms. The average molecular weight is 274 g/mol. The summed E-state index contributed by atoms with van der Waals surface area (Å²) >= 11 is 6.04. The van der Waals surface area contributed by atoms with Crippen LogP contribution in [0.25, 0.3) is 0 Å². The number of hydrogen-bond donors (Lipinski definition) is 2. The first kappa shape index (κ1) is 15.0. The normalized spacial score (nSPS) is 13.2. The Morgan fingerprint density at radius 1 is 1.50 bits per heavy atom. The van der Waals surface area contributed by atoms with Crippen LogP contribution in [-0.2, 0) is 0 Å². The van der Waals surface area contributed by atoms with E-state index in [2.05, 4.69) is 36.1 Å². The first-order valence-electron chi connectivity index (χ1n) is 5.82. The minimum atomic E-state index is -0.0236. The first-order chi connectivity index (χ1) is 8.38. The molecule has 0 spiro atoms. The number of aliphatic hydroxyl groups is 1. The van der Waals surface area contributed by atoms with Gasteiger partial charge >= 0.3 is 6.01 Å². The quantitative estimate of drug-likeness (QED) is 0.862. The lowest BCUT2D eigenvalue weighted by molar-refractivity contribution is 0.235. The zero-order chi connectivity index (χ0) is 13.8. The Labute approximate surface area is 113 Å². The van der Waals surface area contributed by atoms with E-state index in [1.807, 2.05) is 0 Å². The maximum Gasteiger partial charge on any atom is 0.318 e. The van der Waals surface area contributed by atoms with E-state index < -0.39 is 0 Å². The molecule has 0 aromatic carbocycles. The Balaban J connectivity index is 2.92. The van der Waals surface area contributed by atoms with E-state index in [1.54, 1.807) is 0 Å². The lowest BCUT2D eigenvalue weighted by Crippen LogP contribution is -2.35. The van der Waals surface area contributed by atoms with Gasteiger partial charge in [-0.15, -0.1) is 0 Å². The highest BCUT2D eigenvalue weighted by atomic mass is 35.5. The Bertz CT molecular complexity index is 393. The molecule has 0 aliphatic carbocycles. The molecule has 1 unspecified atom stereocenters. The number of aromatic nitrogens is 2. The summed E-state index contributed by atoms with van der Waals surface area (Å²) in [6.45, 7) is 6.38. The topological polar surface area (TPSA) is 67.3 Å². The van der Waals surface area contributed by atoms with Crippen molar-refractivity contribution in [2.75, 3.05) is 19.0 Å². The van der Waals surface area contributed by atoms with Crippen molar-refractivity contribution in [3.05, 3.63) is 11.2 Å². The van der Waals surface area contributed by atoms with Crippen LogP contribution in [0.1, 0.15) is 27.2 Å². The molecule has 5 nitrogen and oxygen atoms in total. The third-order valence-electron chi connectivity index (χ3n) is 2.68. The second-order valence-corrected chi connectivity index (χ2v) is 5.54. The van der Waals surface area contributed by atoms with Crippen LogP contribution < -0.4 is 10.1 Å². The molecule has 0 saturated carbocycles. The van der Waals surface area contributed by atoms with Crippen LogP contribution in [0, 0.1) is 5.41 Å². The molecule has 0 aliphatic heterocycles. The van der Waals surface area contributed by atoms with Gasteiger partial charge in [-0.1, -0.05) is 32.4 Å². The molecule has 1 aromatic rings. The van der Waals surface area contributed by atoms with Crippen molar-refractivity contribution in [2.24, 2.45) is 5.41 Å². The molecule has 1 atom stereocenters. The molecule has 0 radical (unpaired) electrons. The summed E-state index contributed by atoms with van der Waals surface area (Å²) in [6.07, 6.45) is 2.11. The van der Waals surface area contributed by atoms with Gasteiger partial charge in [0.2, 0.25) is 0 Å². The Kier molecular flexibility index (Phi) is 5.16. The SMILES string of the molecule is COc1ncc(Cl)c(NC(CCO)C(C)(C)C)n1. The second-order valence-electron chi connectivity index (χ2n) is 5.13. The third-order valence-corrected chi connectivity index (χ3v) is 2.96. The van der Waals surface area contributed by atoms with E-state index in [1.165, 1.54) is 13.3 Å². The fourth-order valence-corrected chi connectivity index (χ4v) is 1.71. The molecule has 1 heterocycles. The van der Waals surface area contributed by atoms with Crippen LogP contribution in [0.15, 0.2) is 6.20 Å². The molecule has 2 N–H and O–H groups in total. The van der Waals surface area contributed by atoms with Gasteiger partial charge in [0.15, 0.2) is 5.82 Å². The van der Waals surface area contributed by atoms with Gasteiger partial charge < -0.3 is 15.2 Å². The lowest BCUT2D eigenvalue weighted by atomic mass is 9.85. The predicted octanol–water partition coefficient (Wildman–Crippen LogP) is 2.35. The number of hydrogen-bond acceptors (Lipinski definition) is 5. The van der Waals surface area contributed by atoms with Crippen LogP contribution >= 0.6 is 11.6 Å². The van der Waals surface area contributed by atoms with Crippen molar-refractivity contribution in [3.8, 4) is 6.01 Å². The van der Waals surface area contributed by atoms with Crippen molar-refractivity contribution < 1.29 is 9.84 Å². The molecular weight excluding hydrogens is 254 g/mol. The highest BCUT2D eigenvalue weighted by Crippen LogP contribution is 2.28. The van der Waals surface area contributed by atoms with Gasteiger partial charge in [0.25, 0.3) is 0 Å². The summed E-state index contributed by atoms with van der Waals surface area (Å²) < 4.78 is 4.97. The maximum atomic E-state index is 9.12. The fourth-order valence-electron chi connectivity index (χ4n) is 1.57. The predicted molar refractivity (Wildman–Crippen MR) is 72.2 cm³/mol. The molecule has 6 heteroatoms. The van der Waals surface area contributed by atoms with E-state index in [0.717, 1.165) is 0 Å². The van der Waals surface area contributed by atoms with Gasteiger partial charge in [-0.2, -0.15) is 4.98 Å². The van der Waals surface area contributed by atoms with Gasteiger partial charge in [0.1, 0.15) is 5.02 Å². The van der Waals surface area contributed by atoms with Gasteiger partial charge in [0.05, 0.1) is 13.3 Å². The van der Waals surface area contributed by atoms with E-state index in [9.17, 15) is 0 Å². The monoisotopic (exact) mass is 273 g/mol. The van der Waals surface area contributed by atoms with Crippen LogP contribution in [-0.4, -0.2) is 34.8 Å². The zero-order valence-electron chi connectivity index (χ0n) is 11.2. The van der Waals surface area contributed by atoms with Crippen LogP contribution in [0.2, 0.25) is 5.02 Å². The molecule has 0 saturated heterocycles. The molecule has 0 aliphatic rings. The van der Waals surface area contributed by atoms with Gasteiger partial charge in [-0.25, -0.2) is 4.98 Å². The maximum absolute atomic E-state index is 9.12. The Morgan fingerprint density at radius 3 is 2.67 bits per heavy atom. The average Bonchev–Trinajstić information content (AvgIpc) is 2.30. The Morgan fingerprint density at radius 2 is 2.17 bits per heavy atom. The number of ether oxygens (including phenoxy) is 1. The minimum Gasteiger partial charge on any atom is -0.467 e. The third kappa shape index (κ3) is 3.99. The highest BCUT2D eigenvalue weighted by Gasteiger charge is 2.25. The van der Waals surface area contributed by atoms with Crippen molar-refractivity contribution in [1.29, 1.82) is 0 Å². The number of methoxy groups -OCH3 is 1. The summed E-state index contributed by atoms with van der Waals surface area (Å²) in [5.41, 5.74) is -0.0236. The molecule has 0 fully saturated rings. The molecule has 0 bridgehead atoms. The number of aliphatic hydroxyl groups excluding tert-OH is 1. The van der Waals surface area contributed by atoms with Gasteiger partial charge in [0, 0.05) is 12.6 Å². The number of nitrogens with zero attached hydrogens (tertiary/aromatic N) is 2. The fraction of sp³-hybridized carbons (Fsp3) is 0.667. The van der Waals surface area contributed by atoms with E-state index in [-0.39, 0.29) is 24.1 Å². The van der Waals surface area contributed by atoms with Gasteiger partial charge in [-0.3, -0.25) is 0 Å². The molecule has 1 rings (SSSR count). The largest absolute Gasteiger partial charge is 0.467 e. The standard InChI is InChI=1S/C12H20ClN3O2/c1-12(2,3)9(5-6-17)15-10-8(13)7-14-11(16-10)18-4/h7,9,17H,5-6H2,1-4H3,(H,14,15,16). The smallest absolute Gasteiger partial charge is 0.318 e. The van der Waals surface area contributed by atoms with E-state index in [0.29, 0.717) is 17.3 Å². The summed E-state index contributed by atoms with van der Waals surface area (Å²) in [5.74, 6) is 0.525. The van der Waals surface area contributed by atoms with Crippen molar-refractivity contribution in [2.45, 2.75) is 33.2 Å². The molecule has 1 aromatic heterocycles. The van der Waals surface area contributed by atoms with E-state index >= 15 is 0 Å². The van der Waals surface area contributed by atoms with Crippen LogP contribution in [0.4, 0.5) is 5.82 Å². The summed E-state index contributed by atoms with van der Waals surface area (Å²) in [4.78, 5) is 8.09. The van der Waals surface area contributed by atoms with Crippen molar-refractivity contribution in [1.82, 2.24) is 9.97 Å². The van der Waals surface area contributed by atoms with Crippen LogP contribution in [0.5, 0.6) is 6.01 Å². The van der Waals surface area contributed by atoms with Crippen LogP contribution in [0.3, 0.4) is 0 Å². The van der Waals surface area contributed by atoms with E-state index in [4.69, 9.17) is 21.4 Å². The van der Waals surface area contributed by atoms with Crippen molar-refractivity contribution in [3.63, 3.8) is 0 Å². The second kappa shape index (κ2) is 6.20. The Hall–Kier alpha value is -1.07. The van der Waals surface area contributed by atoms with Gasteiger partial charge in [-0.05, 0) is 11.8 Å². The van der Waals surface area contributed by atoms with Crippen molar-refractivity contribution >= 4 is 17.4 Å². The molecule has 102 valence electrons. The number of halogens is 1. The number of anilines is 1. The number of nitrogens with one attached hydrogen (secondary N) is 1. The summed E-state index contributed by atoms with van der Waals surface area (Å²) in [7, 11) is 1.50. The number of rotatable bonds is 5. The molecular formula is C12H20ClN3O2. The highest BCUT2D eigenvalue weighted by molar-refractivity contribution is 6.32. The minimum absolute atomic E-state index is 0.0236. The zero-order valence-corrected chi connectivity index (χ0v) is 12.0. The summed E-state index contributed by atoms with van der Waals surface area (Å²) in [6, 6.07) is 0.318.